The van der Waals surface area contributed by atoms with Gasteiger partial charge < -0.3 is 15.7 Å². The fraction of sp³-hybridized carbons (Fsp3) is 0.353. The van der Waals surface area contributed by atoms with Gasteiger partial charge in [0.15, 0.2) is 0 Å². The second-order valence-electron chi connectivity index (χ2n) is 6.09. The number of nitrogens with one attached hydrogen (secondary N) is 2. The maximum Gasteiger partial charge on any atom is 0.256 e. The Labute approximate surface area is 158 Å². The van der Waals surface area contributed by atoms with Gasteiger partial charge in [-0.25, -0.2) is 0 Å². The summed E-state index contributed by atoms with van der Waals surface area (Å²) in [6.45, 7) is 5.15. The number of nitrogens with zero attached hydrogens (tertiary/aromatic N) is 1. The van der Waals surface area contributed by atoms with Crippen molar-refractivity contribution >= 4 is 44.8 Å². The van der Waals surface area contributed by atoms with Gasteiger partial charge in [-0.2, -0.15) is 0 Å². The second-order valence-corrected chi connectivity index (χ2v) is 8.36. The third-order valence-electron chi connectivity index (χ3n) is 4.67. The summed E-state index contributed by atoms with van der Waals surface area (Å²) in [4.78, 5) is 16.4. The van der Waals surface area contributed by atoms with Crippen LogP contribution in [0.4, 0.5) is 5.00 Å². The zero-order valence-electron chi connectivity index (χ0n) is 13.2. The number of anilines is 1. The van der Waals surface area contributed by atoms with Crippen LogP contribution < -0.4 is 10.6 Å². The molecule has 0 radical (unpaired) electrons. The summed E-state index contributed by atoms with van der Waals surface area (Å²) in [5, 5.41) is 17.2. The summed E-state index contributed by atoms with van der Waals surface area (Å²) >= 11 is 3.80. The molecular weight excluding hydrogens is 437 g/mol. The number of carbonyl (C=O) groups is 1. The quantitative estimate of drug-likeness (QED) is 0.609. The number of aromatic hydroxyl groups is 1. The zero-order chi connectivity index (χ0) is 16.8. The summed E-state index contributed by atoms with van der Waals surface area (Å²) < 4.78 is 0.774. The van der Waals surface area contributed by atoms with Crippen molar-refractivity contribution in [3.63, 3.8) is 0 Å². The van der Waals surface area contributed by atoms with Crippen LogP contribution in [0.3, 0.4) is 0 Å². The van der Waals surface area contributed by atoms with Gasteiger partial charge in [0.25, 0.3) is 5.91 Å². The van der Waals surface area contributed by atoms with Gasteiger partial charge in [0.1, 0.15) is 16.9 Å². The number of carbonyl (C=O) groups excluding carboxylic acids is 1. The van der Waals surface area contributed by atoms with Crippen LogP contribution in [-0.4, -0.2) is 29.0 Å². The molecule has 1 aromatic heterocycles. The molecule has 1 aromatic carbocycles. The van der Waals surface area contributed by atoms with Gasteiger partial charge in [-0.3, -0.25) is 9.69 Å². The third kappa shape index (κ3) is 2.68. The van der Waals surface area contributed by atoms with Crippen molar-refractivity contribution in [1.82, 2.24) is 10.2 Å². The van der Waals surface area contributed by atoms with E-state index >= 15 is 0 Å². The minimum absolute atomic E-state index is 0.000665. The lowest BCUT2D eigenvalue weighted by Crippen LogP contribution is -2.38. The molecule has 24 heavy (non-hydrogen) atoms. The van der Waals surface area contributed by atoms with Crippen molar-refractivity contribution in [2.24, 2.45) is 0 Å². The molecule has 126 valence electrons. The number of halogens is 1. The molecule has 0 saturated heterocycles. The molecule has 0 saturated carbocycles. The largest absolute Gasteiger partial charge is 0.507 e. The van der Waals surface area contributed by atoms with Gasteiger partial charge in [-0.05, 0) is 58.8 Å². The number of phenols is 1. The fourth-order valence-electron chi connectivity index (χ4n) is 3.31. The number of fused-ring (bicyclic) bond motifs is 3. The zero-order valence-corrected chi connectivity index (χ0v) is 16.2. The Kier molecular flexibility index (Phi) is 4.17. The molecule has 2 aliphatic heterocycles. The summed E-state index contributed by atoms with van der Waals surface area (Å²) in [5.41, 5.74) is 2.98. The normalized spacial score (nSPS) is 20.1. The van der Waals surface area contributed by atoms with E-state index in [0.717, 1.165) is 45.8 Å². The first-order valence-corrected chi connectivity index (χ1v) is 9.89. The first-order valence-electron chi connectivity index (χ1n) is 7.99. The monoisotopic (exact) mass is 455 g/mol. The number of thiophene rings is 1. The smallest absolute Gasteiger partial charge is 0.256 e. The van der Waals surface area contributed by atoms with Crippen LogP contribution in [0.15, 0.2) is 18.2 Å². The fourth-order valence-corrected chi connectivity index (χ4v) is 5.16. The lowest BCUT2D eigenvalue weighted by Gasteiger charge is -2.28. The molecule has 1 atom stereocenters. The van der Waals surface area contributed by atoms with E-state index in [4.69, 9.17) is 0 Å². The number of benzene rings is 1. The highest BCUT2D eigenvalue weighted by atomic mass is 127. The van der Waals surface area contributed by atoms with E-state index < -0.39 is 0 Å². The Bertz CT molecular complexity index is 820. The van der Waals surface area contributed by atoms with Crippen molar-refractivity contribution in [2.45, 2.75) is 26.1 Å². The minimum atomic E-state index is -0.263. The summed E-state index contributed by atoms with van der Waals surface area (Å²) in [7, 11) is 0. The molecule has 2 aliphatic rings. The molecule has 4 rings (SSSR count). The highest BCUT2D eigenvalue weighted by Crippen LogP contribution is 2.41. The maximum atomic E-state index is 12.7. The Morgan fingerprint density at radius 3 is 3.00 bits per heavy atom. The van der Waals surface area contributed by atoms with Crippen LogP contribution in [0, 0.1) is 3.57 Å². The number of phenolic OH excluding ortho intramolecular Hbond substituents is 1. The van der Waals surface area contributed by atoms with Crippen LogP contribution in [0.1, 0.15) is 39.5 Å². The Morgan fingerprint density at radius 1 is 1.42 bits per heavy atom. The molecule has 3 heterocycles. The number of hydrogen-bond acceptors (Lipinski definition) is 5. The van der Waals surface area contributed by atoms with Crippen LogP contribution in [0.2, 0.25) is 0 Å². The Balaban J connectivity index is 1.67. The number of likely N-dealkylation sites (N-methyl/N-ethyl adjacent to an activating group) is 1. The van der Waals surface area contributed by atoms with E-state index in [1.807, 2.05) is 12.1 Å². The maximum absolute atomic E-state index is 12.7. The average molecular weight is 455 g/mol. The number of hydrogen-bond donors (Lipinski definition) is 3. The lowest BCUT2D eigenvalue weighted by molar-refractivity contribution is 0.0934. The molecular formula is C17H18IN3O2S. The predicted molar refractivity (Wildman–Crippen MR) is 104 cm³/mol. The Hall–Kier alpha value is -1.32. The van der Waals surface area contributed by atoms with Gasteiger partial charge >= 0.3 is 0 Å². The molecule has 1 amide bonds. The molecule has 0 bridgehead atoms. The van der Waals surface area contributed by atoms with Crippen LogP contribution >= 0.6 is 33.9 Å². The summed E-state index contributed by atoms with van der Waals surface area (Å²) in [5.74, 6) is 0.257. The average Bonchev–Trinajstić information content (AvgIpc) is 2.95. The molecule has 0 spiro atoms. The summed E-state index contributed by atoms with van der Waals surface area (Å²) in [6, 6.07) is 5.40. The van der Waals surface area contributed by atoms with Gasteiger partial charge in [-0.1, -0.05) is 13.0 Å². The van der Waals surface area contributed by atoms with Gasteiger partial charge in [-0.15, -0.1) is 11.3 Å². The van der Waals surface area contributed by atoms with E-state index in [-0.39, 0.29) is 17.8 Å². The van der Waals surface area contributed by atoms with Gasteiger partial charge in [0.05, 0.1) is 9.13 Å². The van der Waals surface area contributed by atoms with Crippen molar-refractivity contribution < 1.29 is 9.90 Å². The van der Waals surface area contributed by atoms with Gasteiger partial charge in [0, 0.05) is 18.0 Å². The second kappa shape index (κ2) is 6.20. The van der Waals surface area contributed by atoms with Crippen molar-refractivity contribution in [1.29, 1.82) is 0 Å². The van der Waals surface area contributed by atoms with Crippen LogP contribution in [0.25, 0.3) is 0 Å². The molecule has 5 nitrogen and oxygen atoms in total. The standard InChI is InChI=1S/C17H18IN3O2S/c1-2-21-6-5-10-13(8-21)24-17-14(10)16(23)19-15(20-17)9-3-4-12(22)11(18)7-9/h3-4,7,15,20,22H,2,5-6,8H2,1H3,(H,19,23)/t15-/m1/s1. The SMILES string of the molecule is CCN1CCc2c(sc3c2C(=O)N[C@@H](c2ccc(O)c(I)c2)N3)C1. The molecule has 7 heteroatoms. The number of amides is 1. The number of rotatable bonds is 2. The first-order chi connectivity index (χ1) is 11.6. The van der Waals surface area contributed by atoms with Crippen LogP contribution in [-0.2, 0) is 13.0 Å². The van der Waals surface area contributed by atoms with Gasteiger partial charge in [0.2, 0.25) is 0 Å². The molecule has 0 unspecified atom stereocenters. The van der Waals surface area contributed by atoms with E-state index in [1.54, 1.807) is 17.4 Å². The minimum Gasteiger partial charge on any atom is -0.507 e. The van der Waals surface area contributed by atoms with Crippen molar-refractivity contribution in [3.05, 3.63) is 43.3 Å². The topological polar surface area (TPSA) is 64.6 Å². The van der Waals surface area contributed by atoms with Crippen LogP contribution in [0.5, 0.6) is 5.75 Å². The molecule has 3 N–H and O–H groups in total. The molecule has 2 aromatic rings. The molecule has 0 fully saturated rings. The lowest BCUT2D eigenvalue weighted by atomic mass is 10.0. The highest BCUT2D eigenvalue weighted by molar-refractivity contribution is 14.1. The van der Waals surface area contributed by atoms with Crippen molar-refractivity contribution in [2.75, 3.05) is 18.4 Å². The van der Waals surface area contributed by atoms with E-state index in [1.165, 1.54) is 10.4 Å². The van der Waals surface area contributed by atoms with E-state index in [0.29, 0.717) is 0 Å². The summed E-state index contributed by atoms with van der Waals surface area (Å²) in [6.07, 6.45) is 0.674. The predicted octanol–water partition coefficient (Wildman–Crippen LogP) is 3.29. The third-order valence-corrected chi connectivity index (χ3v) is 6.68. The van der Waals surface area contributed by atoms with E-state index in [9.17, 15) is 9.90 Å². The van der Waals surface area contributed by atoms with E-state index in [2.05, 4.69) is 45.0 Å². The first kappa shape index (κ1) is 16.2. The molecule has 0 aliphatic carbocycles. The highest BCUT2D eigenvalue weighted by Gasteiger charge is 2.33. The Morgan fingerprint density at radius 2 is 2.25 bits per heavy atom. The van der Waals surface area contributed by atoms with Crippen molar-refractivity contribution in [3.8, 4) is 5.75 Å².